The number of benzene rings is 1. The number of rotatable bonds is 2. The van der Waals surface area contributed by atoms with Gasteiger partial charge in [-0.25, -0.2) is 14.4 Å². The lowest BCUT2D eigenvalue weighted by Crippen LogP contribution is -1.89. The minimum absolute atomic E-state index is 0.334. The van der Waals surface area contributed by atoms with Gasteiger partial charge in [-0.15, -0.1) is 0 Å². The average molecular weight is 202 g/mol. The molecule has 0 aliphatic carbocycles. The van der Waals surface area contributed by atoms with Crippen molar-refractivity contribution in [3.8, 4) is 11.1 Å². The summed E-state index contributed by atoms with van der Waals surface area (Å²) in [7, 11) is 0. The molecule has 1 heterocycles. The molecular weight excluding hydrogens is 195 g/mol. The van der Waals surface area contributed by atoms with Crippen LogP contribution in [0.25, 0.3) is 11.1 Å². The van der Waals surface area contributed by atoms with E-state index in [1.165, 1.54) is 36.9 Å². The highest BCUT2D eigenvalue weighted by atomic mass is 19.1. The van der Waals surface area contributed by atoms with Crippen LogP contribution < -0.4 is 0 Å². The number of carbonyl (C=O) groups excluding carboxylic acids is 1. The maximum atomic E-state index is 13.4. The van der Waals surface area contributed by atoms with Crippen molar-refractivity contribution in [1.29, 1.82) is 0 Å². The van der Waals surface area contributed by atoms with Gasteiger partial charge in [-0.3, -0.25) is 4.79 Å². The van der Waals surface area contributed by atoms with E-state index < -0.39 is 5.82 Å². The standard InChI is InChI=1S/C11H7FN2O/c12-11-2-1-8(6-15)3-10(11)9-4-13-7-14-5-9/h1-7H. The molecule has 0 N–H and O–H groups in total. The Labute approximate surface area is 85.6 Å². The van der Waals surface area contributed by atoms with Gasteiger partial charge in [0, 0.05) is 29.1 Å². The summed E-state index contributed by atoms with van der Waals surface area (Å²) in [4.78, 5) is 18.1. The normalized spacial score (nSPS) is 9.93. The minimum atomic E-state index is -0.393. The van der Waals surface area contributed by atoms with Gasteiger partial charge in [0.15, 0.2) is 0 Å². The zero-order valence-corrected chi connectivity index (χ0v) is 7.72. The highest BCUT2D eigenvalue weighted by Crippen LogP contribution is 2.21. The molecule has 1 aromatic carbocycles. The maximum absolute atomic E-state index is 13.4. The summed E-state index contributed by atoms with van der Waals surface area (Å²) in [5.41, 5.74) is 1.31. The van der Waals surface area contributed by atoms with Crippen molar-refractivity contribution in [2.45, 2.75) is 0 Å². The van der Waals surface area contributed by atoms with Crippen molar-refractivity contribution in [1.82, 2.24) is 9.97 Å². The number of hydrogen-bond acceptors (Lipinski definition) is 3. The van der Waals surface area contributed by atoms with E-state index >= 15 is 0 Å². The molecule has 0 amide bonds. The lowest BCUT2D eigenvalue weighted by Gasteiger charge is -2.02. The molecule has 0 saturated heterocycles. The first-order chi connectivity index (χ1) is 7.31. The third-order valence-corrected chi connectivity index (χ3v) is 2.00. The summed E-state index contributed by atoms with van der Waals surface area (Å²) in [5.74, 6) is -0.393. The van der Waals surface area contributed by atoms with Crippen LogP contribution in [0.4, 0.5) is 4.39 Å². The SMILES string of the molecule is O=Cc1ccc(F)c(-c2cncnc2)c1. The summed E-state index contributed by atoms with van der Waals surface area (Å²) in [5, 5.41) is 0. The van der Waals surface area contributed by atoms with E-state index in [9.17, 15) is 9.18 Å². The van der Waals surface area contributed by atoms with Crippen LogP contribution in [0.3, 0.4) is 0 Å². The van der Waals surface area contributed by atoms with Gasteiger partial charge in [-0.2, -0.15) is 0 Å². The lowest BCUT2D eigenvalue weighted by atomic mass is 10.1. The molecule has 74 valence electrons. The zero-order valence-electron chi connectivity index (χ0n) is 7.72. The summed E-state index contributed by atoms with van der Waals surface area (Å²) in [6, 6.07) is 4.16. The molecule has 0 spiro atoms. The van der Waals surface area contributed by atoms with Crippen molar-refractivity contribution in [2.75, 3.05) is 0 Å². The highest BCUT2D eigenvalue weighted by Gasteiger charge is 2.06. The molecule has 2 rings (SSSR count). The van der Waals surface area contributed by atoms with Crippen LogP contribution in [0.5, 0.6) is 0 Å². The Morgan fingerprint density at radius 3 is 2.60 bits per heavy atom. The molecule has 0 unspecified atom stereocenters. The monoisotopic (exact) mass is 202 g/mol. The molecule has 0 saturated carbocycles. The smallest absolute Gasteiger partial charge is 0.150 e. The van der Waals surface area contributed by atoms with E-state index in [-0.39, 0.29) is 0 Å². The third-order valence-electron chi connectivity index (χ3n) is 2.00. The summed E-state index contributed by atoms with van der Waals surface area (Å²) < 4.78 is 13.4. The third kappa shape index (κ3) is 1.88. The van der Waals surface area contributed by atoms with Crippen LogP contribution in [-0.2, 0) is 0 Å². The van der Waals surface area contributed by atoms with Crippen molar-refractivity contribution in [3.63, 3.8) is 0 Å². The van der Waals surface area contributed by atoms with Crippen LogP contribution in [0.15, 0.2) is 36.9 Å². The van der Waals surface area contributed by atoms with E-state index in [4.69, 9.17) is 0 Å². The lowest BCUT2D eigenvalue weighted by molar-refractivity contribution is 0.112. The van der Waals surface area contributed by atoms with Gasteiger partial charge in [-0.1, -0.05) is 0 Å². The molecule has 1 aromatic heterocycles. The number of aldehydes is 1. The van der Waals surface area contributed by atoms with E-state index in [1.807, 2.05) is 0 Å². The number of hydrogen-bond donors (Lipinski definition) is 0. The number of halogens is 1. The molecule has 3 nitrogen and oxygen atoms in total. The van der Waals surface area contributed by atoms with Gasteiger partial charge in [0.25, 0.3) is 0 Å². The van der Waals surface area contributed by atoms with Gasteiger partial charge in [-0.05, 0) is 18.2 Å². The van der Waals surface area contributed by atoms with Crippen molar-refractivity contribution in [2.24, 2.45) is 0 Å². The predicted molar refractivity (Wildman–Crippen MR) is 52.8 cm³/mol. The molecule has 4 heteroatoms. The quantitative estimate of drug-likeness (QED) is 0.700. The first kappa shape index (κ1) is 9.45. The van der Waals surface area contributed by atoms with E-state index in [1.54, 1.807) is 0 Å². The summed E-state index contributed by atoms with van der Waals surface area (Å²) in [6.07, 6.45) is 5.04. The number of nitrogens with zero attached hydrogens (tertiary/aromatic N) is 2. The van der Waals surface area contributed by atoms with Crippen LogP contribution in [0.2, 0.25) is 0 Å². The van der Waals surface area contributed by atoms with Gasteiger partial charge >= 0.3 is 0 Å². The Kier molecular flexibility index (Phi) is 2.49. The second-order valence-corrected chi connectivity index (χ2v) is 2.98. The molecule has 0 fully saturated rings. The highest BCUT2D eigenvalue weighted by molar-refractivity contribution is 5.78. The average Bonchev–Trinajstić information content (AvgIpc) is 2.31. The van der Waals surface area contributed by atoms with E-state index in [0.29, 0.717) is 23.0 Å². The molecule has 0 aliphatic rings. The molecular formula is C11H7FN2O. The topological polar surface area (TPSA) is 42.9 Å². The maximum Gasteiger partial charge on any atom is 0.150 e. The molecule has 0 aliphatic heterocycles. The zero-order chi connectivity index (χ0) is 10.7. The fourth-order valence-corrected chi connectivity index (χ4v) is 1.28. The predicted octanol–water partition coefficient (Wildman–Crippen LogP) is 2.10. The van der Waals surface area contributed by atoms with Gasteiger partial charge in [0.2, 0.25) is 0 Å². The van der Waals surface area contributed by atoms with Gasteiger partial charge in [0.1, 0.15) is 18.4 Å². The molecule has 0 bridgehead atoms. The Morgan fingerprint density at radius 2 is 1.93 bits per heavy atom. The second-order valence-electron chi connectivity index (χ2n) is 2.98. The number of carbonyl (C=O) groups is 1. The first-order valence-electron chi connectivity index (χ1n) is 4.31. The van der Waals surface area contributed by atoms with Crippen LogP contribution >= 0.6 is 0 Å². The molecule has 0 atom stereocenters. The Hall–Kier alpha value is -2.10. The number of aromatic nitrogens is 2. The fourth-order valence-electron chi connectivity index (χ4n) is 1.28. The Balaban J connectivity index is 2.57. The summed E-state index contributed by atoms with van der Waals surface area (Å²) >= 11 is 0. The van der Waals surface area contributed by atoms with Crippen LogP contribution in [0.1, 0.15) is 10.4 Å². The largest absolute Gasteiger partial charge is 0.298 e. The van der Waals surface area contributed by atoms with Gasteiger partial charge in [0.05, 0.1) is 0 Å². The molecule has 2 aromatic rings. The Morgan fingerprint density at radius 1 is 1.20 bits per heavy atom. The molecule has 0 radical (unpaired) electrons. The minimum Gasteiger partial charge on any atom is -0.298 e. The fraction of sp³-hybridized carbons (Fsp3) is 0. The van der Waals surface area contributed by atoms with Crippen molar-refractivity contribution < 1.29 is 9.18 Å². The summed E-state index contributed by atoms with van der Waals surface area (Å²) in [6.45, 7) is 0. The second kappa shape index (κ2) is 3.96. The van der Waals surface area contributed by atoms with E-state index in [0.717, 1.165) is 0 Å². The van der Waals surface area contributed by atoms with Crippen molar-refractivity contribution >= 4 is 6.29 Å². The van der Waals surface area contributed by atoms with E-state index in [2.05, 4.69) is 9.97 Å². The van der Waals surface area contributed by atoms with Crippen LogP contribution in [0, 0.1) is 5.82 Å². The van der Waals surface area contributed by atoms with Gasteiger partial charge < -0.3 is 0 Å². The molecule has 15 heavy (non-hydrogen) atoms. The van der Waals surface area contributed by atoms with Crippen molar-refractivity contribution in [3.05, 3.63) is 48.3 Å². The van der Waals surface area contributed by atoms with Crippen LogP contribution in [-0.4, -0.2) is 16.3 Å². The Bertz CT molecular complexity index is 485. The first-order valence-corrected chi connectivity index (χ1v) is 4.31.